The molecule has 2 unspecified atom stereocenters. The maximum Gasteiger partial charge on any atom is 0.317 e. The van der Waals surface area contributed by atoms with E-state index in [-0.39, 0.29) is 6.03 Å². The van der Waals surface area contributed by atoms with Gasteiger partial charge < -0.3 is 16.0 Å². The van der Waals surface area contributed by atoms with Gasteiger partial charge in [-0.1, -0.05) is 25.7 Å². The topological polar surface area (TPSA) is 58.4 Å². The van der Waals surface area contributed by atoms with Crippen LogP contribution in [0.25, 0.3) is 0 Å². The largest absolute Gasteiger partial charge is 0.335 e. The van der Waals surface area contributed by atoms with Gasteiger partial charge in [0.25, 0.3) is 0 Å². The lowest BCUT2D eigenvalue weighted by molar-refractivity contribution is 0.157. The molecule has 2 atom stereocenters. The molecule has 2 aliphatic carbocycles. The molecule has 3 N–H and O–H groups in total. The number of nitrogens with one attached hydrogen (secondary N) is 1. The first-order chi connectivity index (χ1) is 9.26. The van der Waals surface area contributed by atoms with Crippen molar-refractivity contribution in [3.8, 4) is 0 Å². The van der Waals surface area contributed by atoms with Crippen molar-refractivity contribution < 1.29 is 4.79 Å². The Morgan fingerprint density at radius 1 is 1.16 bits per heavy atom. The molecule has 0 saturated heterocycles. The minimum atomic E-state index is 0.139. The summed E-state index contributed by atoms with van der Waals surface area (Å²) in [5.74, 6) is 0.497. The number of nitrogens with zero attached hydrogens (tertiary/aromatic N) is 1. The van der Waals surface area contributed by atoms with Gasteiger partial charge >= 0.3 is 6.03 Å². The van der Waals surface area contributed by atoms with Gasteiger partial charge in [0.1, 0.15) is 0 Å². The van der Waals surface area contributed by atoms with Crippen molar-refractivity contribution in [2.24, 2.45) is 11.7 Å². The third-order valence-corrected chi connectivity index (χ3v) is 4.86. The zero-order chi connectivity index (χ0) is 13.7. The van der Waals surface area contributed by atoms with Crippen LogP contribution in [0.15, 0.2) is 0 Å². The Hall–Kier alpha value is -0.770. The van der Waals surface area contributed by atoms with Gasteiger partial charge in [-0.3, -0.25) is 0 Å². The van der Waals surface area contributed by atoms with Crippen molar-refractivity contribution in [2.45, 2.75) is 70.4 Å². The molecule has 2 aliphatic rings. The summed E-state index contributed by atoms with van der Waals surface area (Å²) in [7, 11) is 0. The predicted molar refractivity (Wildman–Crippen MR) is 78.0 cm³/mol. The van der Waals surface area contributed by atoms with Crippen molar-refractivity contribution in [3.05, 3.63) is 0 Å². The zero-order valence-corrected chi connectivity index (χ0v) is 12.2. The smallest absolute Gasteiger partial charge is 0.317 e. The molecule has 0 aliphatic heterocycles. The quantitative estimate of drug-likeness (QED) is 0.822. The van der Waals surface area contributed by atoms with Gasteiger partial charge in [-0.2, -0.15) is 0 Å². The normalized spacial score (nSPS) is 28.3. The van der Waals surface area contributed by atoms with Crippen molar-refractivity contribution in [2.75, 3.05) is 13.1 Å². The second-order valence-corrected chi connectivity index (χ2v) is 6.06. The van der Waals surface area contributed by atoms with Gasteiger partial charge in [-0.15, -0.1) is 0 Å². The van der Waals surface area contributed by atoms with Crippen LogP contribution >= 0.6 is 0 Å². The third kappa shape index (κ3) is 3.62. The summed E-state index contributed by atoms with van der Waals surface area (Å²) in [5.41, 5.74) is 5.84. The molecular formula is C15H29N3O. The molecule has 2 amide bonds. The monoisotopic (exact) mass is 267 g/mol. The van der Waals surface area contributed by atoms with Crippen LogP contribution in [0.4, 0.5) is 4.79 Å². The van der Waals surface area contributed by atoms with Crippen LogP contribution in [-0.4, -0.2) is 36.1 Å². The Morgan fingerprint density at radius 2 is 1.89 bits per heavy atom. The molecule has 0 radical (unpaired) electrons. The van der Waals surface area contributed by atoms with E-state index in [0.717, 1.165) is 25.8 Å². The first kappa shape index (κ1) is 14.6. The van der Waals surface area contributed by atoms with Gasteiger partial charge in [-0.25, -0.2) is 4.79 Å². The first-order valence-electron chi connectivity index (χ1n) is 8.03. The molecule has 19 heavy (non-hydrogen) atoms. The van der Waals surface area contributed by atoms with Gasteiger partial charge in [0.05, 0.1) is 0 Å². The third-order valence-electron chi connectivity index (χ3n) is 4.86. The lowest BCUT2D eigenvalue weighted by atomic mass is 9.95. The van der Waals surface area contributed by atoms with E-state index in [2.05, 4.69) is 12.2 Å². The van der Waals surface area contributed by atoms with Crippen molar-refractivity contribution in [3.63, 3.8) is 0 Å². The number of carbonyl (C=O) groups excluding carboxylic acids is 1. The average Bonchev–Trinajstić information content (AvgIpc) is 2.89. The van der Waals surface area contributed by atoms with Crippen LogP contribution in [0, 0.1) is 5.92 Å². The summed E-state index contributed by atoms with van der Waals surface area (Å²) in [5, 5.41) is 3.24. The standard InChI is InChI=1S/C15H29N3O/c1-2-18(14-10-6-7-12(14)11-16)15(19)17-13-8-4-3-5-9-13/h12-14H,2-11,16H2,1H3,(H,17,19). The van der Waals surface area contributed by atoms with E-state index in [1.54, 1.807) is 0 Å². The molecule has 0 aromatic carbocycles. The number of urea groups is 1. The molecule has 2 rings (SSSR count). The summed E-state index contributed by atoms with van der Waals surface area (Å²) < 4.78 is 0. The van der Waals surface area contributed by atoms with E-state index >= 15 is 0 Å². The fraction of sp³-hybridized carbons (Fsp3) is 0.933. The van der Waals surface area contributed by atoms with E-state index in [4.69, 9.17) is 5.73 Å². The van der Waals surface area contributed by atoms with Crippen molar-refractivity contribution in [1.82, 2.24) is 10.2 Å². The molecule has 0 bridgehead atoms. The lowest BCUT2D eigenvalue weighted by Gasteiger charge is -2.34. The number of amides is 2. The van der Waals surface area contributed by atoms with Gasteiger partial charge in [-0.05, 0) is 45.1 Å². The van der Waals surface area contributed by atoms with Crippen molar-refractivity contribution >= 4 is 6.03 Å². The Labute approximate surface area is 117 Å². The minimum Gasteiger partial charge on any atom is -0.335 e. The highest BCUT2D eigenvalue weighted by Gasteiger charge is 2.33. The van der Waals surface area contributed by atoms with E-state index in [0.29, 0.717) is 24.5 Å². The molecule has 2 saturated carbocycles. The molecule has 0 aromatic heterocycles. The number of hydrogen-bond acceptors (Lipinski definition) is 2. The van der Waals surface area contributed by atoms with Crippen LogP contribution in [0.5, 0.6) is 0 Å². The second-order valence-electron chi connectivity index (χ2n) is 6.06. The predicted octanol–water partition coefficient (Wildman–Crippen LogP) is 2.48. The summed E-state index contributed by atoms with van der Waals surface area (Å²) in [6, 6.07) is 0.895. The maximum absolute atomic E-state index is 12.5. The zero-order valence-electron chi connectivity index (χ0n) is 12.2. The van der Waals surface area contributed by atoms with E-state index in [1.165, 1.54) is 32.1 Å². The van der Waals surface area contributed by atoms with Gasteiger partial charge in [0, 0.05) is 18.6 Å². The van der Waals surface area contributed by atoms with Crippen LogP contribution in [0.3, 0.4) is 0 Å². The Kier molecular flexibility index (Phi) is 5.49. The number of hydrogen-bond donors (Lipinski definition) is 2. The number of carbonyl (C=O) groups is 1. The second kappa shape index (κ2) is 7.13. The SMILES string of the molecule is CCN(C(=O)NC1CCCCC1)C1CCCC1CN. The fourth-order valence-electron chi connectivity index (χ4n) is 3.74. The van der Waals surface area contributed by atoms with Crippen molar-refractivity contribution in [1.29, 1.82) is 0 Å². The highest BCUT2D eigenvalue weighted by atomic mass is 16.2. The number of nitrogens with two attached hydrogens (primary N) is 1. The number of rotatable bonds is 4. The lowest BCUT2D eigenvalue weighted by Crippen LogP contribution is -2.51. The van der Waals surface area contributed by atoms with Crippen LogP contribution in [0.1, 0.15) is 58.3 Å². The van der Waals surface area contributed by atoms with E-state index < -0.39 is 0 Å². The first-order valence-corrected chi connectivity index (χ1v) is 8.03. The van der Waals surface area contributed by atoms with Crippen LogP contribution in [-0.2, 0) is 0 Å². The minimum absolute atomic E-state index is 0.139. The molecule has 4 heteroatoms. The van der Waals surface area contributed by atoms with E-state index in [9.17, 15) is 4.79 Å². The molecular weight excluding hydrogens is 238 g/mol. The molecule has 0 spiro atoms. The van der Waals surface area contributed by atoms with Gasteiger partial charge in [0.2, 0.25) is 0 Å². The molecule has 0 heterocycles. The summed E-state index contributed by atoms with van der Waals surface area (Å²) in [4.78, 5) is 14.5. The molecule has 4 nitrogen and oxygen atoms in total. The molecule has 110 valence electrons. The average molecular weight is 267 g/mol. The highest BCUT2D eigenvalue weighted by molar-refractivity contribution is 5.75. The molecule has 2 fully saturated rings. The van der Waals surface area contributed by atoms with E-state index in [1.807, 2.05) is 4.90 Å². The van der Waals surface area contributed by atoms with Crippen LogP contribution in [0.2, 0.25) is 0 Å². The highest BCUT2D eigenvalue weighted by Crippen LogP contribution is 2.29. The summed E-state index contributed by atoms with van der Waals surface area (Å²) in [6.45, 7) is 3.57. The Bertz CT molecular complexity index is 289. The molecule has 0 aromatic rings. The van der Waals surface area contributed by atoms with Crippen LogP contribution < -0.4 is 11.1 Å². The van der Waals surface area contributed by atoms with Gasteiger partial charge in [0.15, 0.2) is 0 Å². The Balaban J connectivity index is 1.90. The fourth-order valence-corrected chi connectivity index (χ4v) is 3.74. The Morgan fingerprint density at radius 3 is 2.53 bits per heavy atom. The maximum atomic E-state index is 12.5. The summed E-state index contributed by atoms with van der Waals surface area (Å²) >= 11 is 0. The summed E-state index contributed by atoms with van der Waals surface area (Å²) in [6.07, 6.45) is 9.63.